The molecule has 5 nitrogen and oxygen atoms in total. The van der Waals surface area contributed by atoms with E-state index in [-0.39, 0.29) is 11.9 Å². The monoisotopic (exact) mass is 376 g/mol. The third kappa shape index (κ3) is 4.47. The van der Waals surface area contributed by atoms with Gasteiger partial charge in [0.25, 0.3) is 5.91 Å². The van der Waals surface area contributed by atoms with E-state index in [4.69, 9.17) is 20.8 Å². The predicted molar refractivity (Wildman–Crippen MR) is 103 cm³/mol. The van der Waals surface area contributed by atoms with Gasteiger partial charge in [0.1, 0.15) is 5.76 Å². The smallest absolute Gasteiger partial charge is 0.287 e. The first-order valence-electron chi connectivity index (χ1n) is 9.01. The summed E-state index contributed by atoms with van der Waals surface area (Å²) in [4.78, 5) is 14.9. The third-order valence-electron chi connectivity index (χ3n) is 4.73. The van der Waals surface area contributed by atoms with Gasteiger partial charge in [-0.1, -0.05) is 37.6 Å². The van der Waals surface area contributed by atoms with Gasteiger partial charge in [-0.15, -0.1) is 0 Å². The minimum atomic E-state index is -0.206. The molecule has 0 bridgehead atoms. The number of morpholine rings is 1. The van der Waals surface area contributed by atoms with Crippen LogP contribution >= 0.6 is 11.6 Å². The molecule has 1 aromatic carbocycles. The van der Waals surface area contributed by atoms with Gasteiger partial charge < -0.3 is 14.5 Å². The van der Waals surface area contributed by atoms with Crippen molar-refractivity contribution in [3.8, 4) is 11.3 Å². The molecule has 26 heavy (non-hydrogen) atoms. The van der Waals surface area contributed by atoms with Crippen LogP contribution in [0.15, 0.2) is 40.8 Å². The van der Waals surface area contributed by atoms with Crippen LogP contribution in [0.4, 0.5) is 0 Å². The lowest BCUT2D eigenvalue weighted by molar-refractivity contribution is 0.00666. The highest BCUT2D eigenvalue weighted by atomic mass is 35.5. The Morgan fingerprint density at radius 2 is 1.92 bits per heavy atom. The first-order chi connectivity index (χ1) is 12.6. The number of hydrogen-bond donors (Lipinski definition) is 1. The van der Waals surface area contributed by atoms with E-state index >= 15 is 0 Å². The van der Waals surface area contributed by atoms with Gasteiger partial charge in [0, 0.05) is 31.2 Å². The van der Waals surface area contributed by atoms with E-state index in [9.17, 15) is 4.79 Å². The molecule has 0 radical (unpaired) electrons. The van der Waals surface area contributed by atoms with Crippen molar-refractivity contribution in [2.75, 3.05) is 32.8 Å². The molecule has 2 heterocycles. The zero-order valence-electron chi connectivity index (χ0n) is 15.2. The highest BCUT2D eigenvalue weighted by Crippen LogP contribution is 2.29. The van der Waals surface area contributed by atoms with E-state index in [1.165, 1.54) is 0 Å². The number of halogens is 1. The second-order valence-electron chi connectivity index (χ2n) is 6.81. The quantitative estimate of drug-likeness (QED) is 0.835. The predicted octanol–water partition coefficient (Wildman–Crippen LogP) is 3.69. The van der Waals surface area contributed by atoms with Crippen LogP contribution in [0.5, 0.6) is 0 Å². The Labute approximate surface area is 159 Å². The van der Waals surface area contributed by atoms with Gasteiger partial charge in [0.15, 0.2) is 5.76 Å². The zero-order valence-corrected chi connectivity index (χ0v) is 16.0. The maximum Gasteiger partial charge on any atom is 0.287 e. The molecule has 140 valence electrons. The number of nitrogens with one attached hydrogen (secondary N) is 1. The minimum Gasteiger partial charge on any atom is -0.451 e. The largest absolute Gasteiger partial charge is 0.451 e. The number of carbonyl (C=O) groups excluding carboxylic acids is 1. The maximum atomic E-state index is 12.5. The number of rotatable bonds is 6. The fourth-order valence-electron chi connectivity index (χ4n) is 3.25. The number of ether oxygens (including phenoxy) is 1. The topological polar surface area (TPSA) is 54.7 Å². The highest BCUT2D eigenvalue weighted by molar-refractivity contribution is 6.33. The Balaban J connectivity index is 1.63. The number of hydrogen-bond acceptors (Lipinski definition) is 4. The zero-order chi connectivity index (χ0) is 18.5. The molecule has 1 fully saturated rings. The average Bonchev–Trinajstić information content (AvgIpc) is 3.13. The third-order valence-corrected chi connectivity index (χ3v) is 5.05. The molecule has 1 N–H and O–H groups in total. The van der Waals surface area contributed by atoms with Crippen molar-refractivity contribution < 1.29 is 13.9 Å². The second kappa shape index (κ2) is 8.71. The lowest BCUT2D eigenvalue weighted by Gasteiger charge is -2.36. The maximum absolute atomic E-state index is 12.5. The molecule has 1 atom stereocenters. The van der Waals surface area contributed by atoms with Crippen LogP contribution in [0.25, 0.3) is 11.3 Å². The van der Waals surface area contributed by atoms with E-state index in [0.717, 1.165) is 31.9 Å². The first-order valence-corrected chi connectivity index (χ1v) is 9.39. The van der Waals surface area contributed by atoms with Crippen molar-refractivity contribution in [2.45, 2.75) is 19.9 Å². The summed E-state index contributed by atoms with van der Waals surface area (Å²) >= 11 is 6.19. The van der Waals surface area contributed by atoms with Crippen molar-refractivity contribution in [3.63, 3.8) is 0 Å². The summed E-state index contributed by atoms with van der Waals surface area (Å²) < 4.78 is 11.1. The minimum absolute atomic E-state index is 0.206. The standard InChI is InChI=1S/C20H25ClN2O3/c1-14(2)17(23-9-11-25-12-10-23)13-22-20(24)19-8-7-18(26-19)15-5-3-4-6-16(15)21/h3-8,14,17H,9-13H2,1-2H3,(H,22,24). The lowest BCUT2D eigenvalue weighted by atomic mass is 10.0. The summed E-state index contributed by atoms with van der Waals surface area (Å²) in [5.41, 5.74) is 0.779. The summed E-state index contributed by atoms with van der Waals surface area (Å²) in [6.07, 6.45) is 0. The molecule has 0 spiro atoms. The van der Waals surface area contributed by atoms with Crippen LogP contribution in [-0.4, -0.2) is 49.7 Å². The Morgan fingerprint density at radius 1 is 1.19 bits per heavy atom. The molecule has 1 aliphatic heterocycles. The molecule has 1 aromatic heterocycles. The van der Waals surface area contributed by atoms with Crippen LogP contribution in [0.2, 0.25) is 5.02 Å². The fourth-order valence-corrected chi connectivity index (χ4v) is 3.47. The van der Waals surface area contributed by atoms with Crippen molar-refractivity contribution in [1.29, 1.82) is 0 Å². The molecular formula is C20H25ClN2O3. The van der Waals surface area contributed by atoms with Gasteiger partial charge in [-0.3, -0.25) is 9.69 Å². The number of furan rings is 1. The van der Waals surface area contributed by atoms with Gasteiger partial charge >= 0.3 is 0 Å². The summed E-state index contributed by atoms with van der Waals surface area (Å²) in [6.45, 7) is 8.22. The van der Waals surface area contributed by atoms with Crippen LogP contribution in [0.3, 0.4) is 0 Å². The van der Waals surface area contributed by atoms with E-state index in [1.807, 2.05) is 18.2 Å². The van der Waals surface area contributed by atoms with E-state index in [2.05, 4.69) is 24.1 Å². The Bertz CT molecular complexity index is 738. The van der Waals surface area contributed by atoms with Gasteiger partial charge in [-0.2, -0.15) is 0 Å². The number of amides is 1. The Morgan fingerprint density at radius 3 is 2.62 bits per heavy atom. The summed E-state index contributed by atoms with van der Waals surface area (Å²) in [5, 5.41) is 3.61. The first kappa shape index (κ1) is 19.0. The SMILES string of the molecule is CC(C)C(CNC(=O)c1ccc(-c2ccccc2Cl)o1)N1CCOCC1. The molecule has 1 unspecified atom stereocenters. The summed E-state index contributed by atoms with van der Waals surface area (Å²) in [7, 11) is 0. The average molecular weight is 377 g/mol. The van der Waals surface area contributed by atoms with E-state index in [1.54, 1.807) is 18.2 Å². The van der Waals surface area contributed by atoms with Crippen molar-refractivity contribution in [2.24, 2.45) is 5.92 Å². The number of carbonyl (C=O) groups is 1. The molecule has 6 heteroatoms. The van der Waals surface area contributed by atoms with Crippen LogP contribution in [0, 0.1) is 5.92 Å². The van der Waals surface area contributed by atoms with Gasteiger partial charge in [-0.05, 0) is 30.2 Å². The summed E-state index contributed by atoms with van der Waals surface area (Å²) in [6, 6.07) is 11.2. The van der Waals surface area contributed by atoms with Crippen molar-refractivity contribution >= 4 is 17.5 Å². The number of benzene rings is 1. The normalized spacial score (nSPS) is 16.6. The Hall–Kier alpha value is -1.82. The molecule has 2 aromatic rings. The van der Waals surface area contributed by atoms with Gasteiger partial charge in [-0.25, -0.2) is 0 Å². The molecule has 1 aliphatic rings. The van der Waals surface area contributed by atoms with Gasteiger partial charge in [0.05, 0.1) is 18.2 Å². The molecule has 1 saturated heterocycles. The van der Waals surface area contributed by atoms with E-state index < -0.39 is 0 Å². The van der Waals surface area contributed by atoms with Crippen LogP contribution in [-0.2, 0) is 4.74 Å². The van der Waals surface area contributed by atoms with Crippen LogP contribution in [0.1, 0.15) is 24.4 Å². The molecule has 0 aliphatic carbocycles. The molecule has 1 amide bonds. The lowest BCUT2D eigenvalue weighted by Crippen LogP contribution is -2.51. The van der Waals surface area contributed by atoms with Crippen molar-refractivity contribution in [1.82, 2.24) is 10.2 Å². The van der Waals surface area contributed by atoms with Crippen LogP contribution < -0.4 is 5.32 Å². The van der Waals surface area contributed by atoms with E-state index in [0.29, 0.717) is 29.0 Å². The molecular weight excluding hydrogens is 352 g/mol. The van der Waals surface area contributed by atoms with Gasteiger partial charge in [0.2, 0.25) is 0 Å². The van der Waals surface area contributed by atoms with Crippen molar-refractivity contribution in [3.05, 3.63) is 47.2 Å². The fraction of sp³-hybridized carbons (Fsp3) is 0.450. The highest BCUT2D eigenvalue weighted by Gasteiger charge is 2.25. The molecule has 0 saturated carbocycles. The number of nitrogens with zero attached hydrogens (tertiary/aromatic N) is 1. The summed E-state index contributed by atoms with van der Waals surface area (Å²) in [5.74, 6) is 1.12. The Kier molecular flexibility index (Phi) is 6.35. The molecule has 3 rings (SSSR count). The second-order valence-corrected chi connectivity index (χ2v) is 7.22.